The quantitative estimate of drug-likeness (QED) is 0.804. The predicted octanol–water partition coefficient (Wildman–Crippen LogP) is 3.09. The van der Waals surface area contributed by atoms with Gasteiger partial charge in [-0.15, -0.1) is 0 Å². The topological polar surface area (TPSA) is 74.9 Å². The van der Waals surface area contributed by atoms with Crippen LogP contribution < -0.4 is 4.72 Å². The minimum absolute atomic E-state index is 0.526. The van der Waals surface area contributed by atoms with Gasteiger partial charge in [-0.25, -0.2) is 8.42 Å². The summed E-state index contributed by atoms with van der Waals surface area (Å²) in [6.45, 7) is 0. The van der Waals surface area contributed by atoms with Gasteiger partial charge in [0, 0.05) is 24.2 Å². The van der Waals surface area contributed by atoms with E-state index >= 15 is 0 Å². The molecule has 0 aliphatic carbocycles. The third kappa shape index (κ3) is 3.05. The number of rotatable bonds is 3. The lowest BCUT2D eigenvalue weighted by Crippen LogP contribution is -2.09. The van der Waals surface area contributed by atoms with Gasteiger partial charge in [0.15, 0.2) is 0 Å². The van der Waals surface area contributed by atoms with Crippen LogP contribution in [0.5, 0.6) is 0 Å². The molecule has 0 aliphatic heterocycles. The fourth-order valence-corrected chi connectivity index (χ4v) is 3.20. The molecule has 0 aliphatic rings. The SMILES string of the molecule is Cn1cc(-c2cccc(C#N)c2)c2ccc(NS(C)(=O)=O)cc21. The molecule has 3 rings (SSSR count). The molecule has 1 heterocycles. The molecule has 2 aromatic carbocycles. The summed E-state index contributed by atoms with van der Waals surface area (Å²) in [6.07, 6.45) is 3.10. The molecular weight excluding hydrogens is 310 g/mol. The molecule has 3 aromatic rings. The van der Waals surface area contributed by atoms with E-state index in [1.165, 1.54) is 0 Å². The van der Waals surface area contributed by atoms with Gasteiger partial charge in [0.1, 0.15) is 0 Å². The molecule has 23 heavy (non-hydrogen) atoms. The summed E-state index contributed by atoms with van der Waals surface area (Å²) in [7, 11) is -1.40. The van der Waals surface area contributed by atoms with Gasteiger partial charge in [0.25, 0.3) is 0 Å². The summed E-state index contributed by atoms with van der Waals surface area (Å²) in [5, 5.41) is 10.1. The number of nitriles is 1. The van der Waals surface area contributed by atoms with E-state index < -0.39 is 10.0 Å². The van der Waals surface area contributed by atoms with E-state index in [0.717, 1.165) is 28.3 Å². The van der Waals surface area contributed by atoms with E-state index in [1.54, 1.807) is 18.2 Å². The summed E-state index contributed by atoms with van der Waals surface area (Å²) in [4.78, 5) is 0. The average molecular weight is 325 g/mol. The number of sulfonamides is 1. The van der Waals surface area contributed by atoms with Crippen LogP contribution in [0.25, 0.3) is 22.0 Å². The highest BCUT2D eigenvalue weighted by atomic mass is 32.2. The van der Waals surface area contributed by atoms with Crippen molar-refractivity contribution in [1.82, 2.24) is 4.57 Å². The molecule has 0 spiro atoms. The highest BCUT2D eigenvalue weighted by Crippen LogP contribution is 2.32. The predicted molar refractivity (Wildman–Crippen MR) is 91.5 cm³/mol. The van der Waals surface area contributed by atoms with E-state index in [-0.39, 0.29) is 0 Å². The number of hydrogen-bond donors (Lipinski definition) is 1. The fraction of sp³-hybridized carbons (Fsp3) is 0.118. The minimum atomic E-state index is -3.31. The van der Waals surface area contributed by atoms with E-state index in [9.17, 15) is 8.42 Å². The maximum atomic E-state index is 11.4. The molecule has 5 nitrogen and oxygen atoms in total. The number of benzene rings is 2. The van der Waals surface area contributed by atoms with Crippen LogP contribution in [-0.2, 0) is 17.1 Å². The van der Waals surface area contributed by atoms with Crippen LogP contribution in [0.4, 0.5) is 5.69 Å². The largest absolute Gasteiger partial charge is 0.350 e. The zero-order chi connectivity index (χ0) is 16.6. The van der Waals surface area contributed by atoms with Crippen molar-refractivity contribution in [3.8, 4) is 17.2 Å². The maximum absolute atomic E-state index is 11.4. The first-order chi connectivity index (χ1) is 10.9. The van der Waals surface area contributed by atoms with Crippen molar-refractivity contribution >= 4 is 26.6 Å². The maximum Gasteiger partial charge on any atom is 0.229 e. The van der Waals surface area contributed by atoms with Crippen LogP contribution in [0.2, 0.25) is 0 Å². The molecule has 6 heteroatoms. The minimum Gasteiger partial charge on any atom is -0.350 e. The summed E-state index contributed by atoms with van der Waals surface area (Å²) >= 11 is 0. The lowest BCUT2D eigenvalue weighted by atomic mass is 10.0. The Morgan fingerprint density at radius 1 is 1.17 bits per heavy atom. The highest BCUT2D eigenvalue weighted by molar-refractivity contribution is 7.92. The Hall–Kier alpha value is -2.78. The van der Waals surface area contributed by atoms with E-state index in [2.05, 4.69) is 10.8 Å². The summed E-state index contributed by atoms with van der Waals surface area (Å²) < 4.78 is 27.2. The van der Waals surface area contributed by atoms with E-state index in [1.807, 2.05) is 42.1 Å². The number of nitrogens with zero attached hydrogens (tertiary/aromatic N) is 2. The first-order valence-corrected chi connectivity index (χ1v) is 8.84. The van der Waals surface area contributed by atoms with Crippen molar-refractivity contribution in [2.75, 3.05) is 11.0 Å². The van der Waals surface area contributed by atoms with Gasteiger partial charge < -0.3 is 4.57 Å². The third-order valence-electron chi connectivity index (χ3n) is 3.60. The van der Waals surface area contributed by atoms with Crippen LogP contribution in [0.15, 0.2) is 48.7 Å². The third-order valence-corrected chi connectivity index (χ3v) is 4.20. The molecule has 0 radical (unpaired) electrons. The van der Waals surface area contributed by atoms with E-state index in [0.29, 0.717) is 11.3 Å². The Labute approximate surface area is 134 Å². The number of nitrogens with one attached hydrogen (secondary N) is 1. The van der Waals surface area contributed by atoms with Crippen LogP contribution >= 0.6 is 0 Å². The van der Waals surface area contributed by atoms with Crippen molar-refractivity contribution in [1.29, 1.82) is 5.26 Å². The van der Waals surface area contributed by atoms with Gasteiger partial charge in [-0.2, -0.15) is 5.26 Å². The molecule has 116 valence electrons. The van der Waals surface area contributed by atoms with Crippen LogP contribution in [0, 0.1) is 11.3 Å². The smallest absolute Gasteiger partial charge is 0.229 e. The molecule has 0 fully saturated rings. The average Bonchev–Trinajstić information content (AvgIpc) is 2.83. The number of hydrogen-bond acceptors (Lipinski definition) is 3. The van der Waals surface area contributed by atoms with Crippen LogP contribution in [0.1, 0.15) is 5.56 Å². The summed E-state index contributed by atoms with van der Waals surface area (Å²) in [6, 6.07) is 15.0. The molecule has 0 bridgehead atoms. The molecular formula is C17H15N3O2S. The first kappa shape index (κ1) is 15.1. The first-order valence-electron chi connectivity index (χ1n) is 6.95. The van der Waals surface area contributed by atoms with Gasteiger partial charge in [0.05, 0.1) is 29.1 Å². The second-order valence-corrected chi connectivity index (χ2v) is 7.20. The Balaban J connectivity index is 2.15. The second-order valence-electron chi connectivity index (χ2n) is 5.45. The van der Waals surface area contributed by atoms with Gasteiger partial charge in [-0.1, -0.05) is 18.2 Å². The number of fused-ring (bicyclic) bond motifs is 1. The lowest BCUT2D eigenvalue weighted by Gasteiger charge is -2.05. The Morgan fingerprint density at radius 3 is 2.65 bits per heavy atom. The molecule has 1 N–H and O–H groups in total. The van der Waals surface area contributed by atoms with Crippen molar-refractivity contribution in [3.05, 3.63) is 54.2 Å². The van der Waals surface area contributed by atoms with Gasteiger partial charge >= 0.3 is 0 Å². The molecule has 0 saturated heterocycles. The van der Waals surface area contributed by atoms with Crippen molar-refractivity contribution in [2.45, 2.75) is 0 Å². The van der Waals surface area contributed by atoms with Gasteiger partial charge in [0.2, 0.25) is 10.0 Å². The van der Waals surface area contributed by atoms with Crippen molar-refractivity contribution in [3.63, 3.8) is 0 Å². The Bertz CT molecular complexity index is 1040. The summed E-state index contributed by atoms with van der Waals surface area (Å²) in [5.74, 6) is 0. The Morgan fingerprint density at radius 2 is 1.96 bits per heavy atom. The van der Waals surface area contributed by atoms with Crippen LogP contribution in [0.3, 0.4) is 0 Å². The molecule has 0 saturated carbocycles. The lowest BCUT2D eigenvalue weighted by molar-refractivity contribution is 0.607. The number of anilines is 1. The molecule has 1 aromatic heterocycles. The van der Waals surface area contributed by atoms with Crippen LogP contribution in [-0.4, -0.2) is 19.2 Å². The normalized spacial score (nSPS) is 11.3. The standard InChI is InChI=1S/C17H15N3O2S/c1-20-11-16(13-5-3-4-12(8-13)10-18)15-7-6-14(9-17(15)20)19-23(2,21)22/h3-9,11,19H,1-2H3. The Kier molecular flexibility index (Phi) is 3.58. The fourth-order valence-electron chi connectivity index (χ4n) is 2.65. The van der Waals surface area contributed by atoms with Crippen molar-refractivity contribution < 1.29 is 8.42 Å². The number of aromatic nitrogens is 1. The molecule has 0 amide bonds. The monoisotopic (exact) mass is 325 g/mol. The molecule has 0 unspecified atom stereocenters. The van der Waals surface area contributed by atoms with Crippen molar-refractivity contribution in [2.24, 2.45) is 7.05 Å². The van der Waals surface area contributed by atoms with Gasteiger partial charge in [-0.05, 0) is 29.8 Å². The summed E-state index contributed by atoms with van der Waals surface area (Å²) in [5.41, 5.74) is 4.01. The highest BCUT2D eigenvalue weighted by Gasteiger charge is 2.11. The van der Waals surface area contributed by atoms with Gasteiger partial charge in [-0.3, -0.25) is 4.72 Å². The zero-order valence-electron chi connectivity index (χ0n) is 12.7. The zero-order valence-corrected chi connectivity index (χ0v) is 13.6. The van der Waals surface area contributed by atoms with E-state index in [4.69, 9.17) is 5.26 Å². The second kappa shape index (κ2) is 5.45. The molecule has 0 atom stereocenters. The number of aryl methyl sites for hydroxylation is 1.